The summed E-state index contributed by atoms with van der Waals surface area (Å²) in [4.78, 5) is 11.1. The van der Waals surface area contributed by atoms with Gasteiger partial charge in [0.05, 0.1) is 0 Å². The van der Waals surface area contributed by atoms with E-state index in [0.717, 1.165) is 37.6 Å². The summed E-state index contributed by atoms with van der Waals surface area (Å²) in [7, 11) is 0. The maximum absolute atomic E-state index is 6.08. The molecule has 20 heavy (non-hydrogen) atoms. The van der Waals surface area contributed by atoms with Gasteiger partial charge in [-0.2, -0.15) is 0 Å². The van der Waals surface area contributed by atoms with Crippen LogP contribution in [-0.2, 0) is 6.42 Å². The minimum absolute atomic E-state index is 0.537. The van der Waals surface area contributed by atoms with E-state index in [1.165, 1.54) is 5.56 Å². The van der Waals surface area contributed by atoms with E-state index in [4.69, 9.17) is 11.6 Å². The largest absolute Gasteiger partial charge is 0.356 e. The highest BCUT2D eigenvalue weighted by atomic mass is 35.5. The molecule has 3 nitrogen and oxygen atoms in total. The van der Waals surface area contributed by atoms with E-state index < -0.39 is 0 Å². The van der Waals surface area contributed by atoms with Crippen LogP contribution in [0.2, 0.25) is 5.15 Å². The van der Waals surface area contributed by atoms with Crippen LogP contribution in [0.25, 0.3) is 0 Å². The summed E-state index contributed by atoms with van der Waals surface area (Å²) in [5.41, 5.74) is 1.41. The van der Waals surface area contributed by atoms with Crippen LogP contribution in [0.4, 0.5) is 5.82 Å². The van der Waals surface area contributed by atoms with E-state index in [1.54, 1.807) is 0 Å². The van der Waals surface area contributed by atoms with Gasteiger partial charge in [-0.3, -0.25) is 0 Å². The van der Waals surface area contributed by atoms with Crippen molar-refractivity contribution in [2.24, 2.45) is 0 Å². The molecule has 1 fully saturated rings. The maximum Gasteiger partial charge on any atom is 0.134 e. The van der Waals surface area contributed by atoms with Gasteiger partial charge in [0.2, 0.25) is 0 Å². The van der Waals surface area contributed by atoms with Gasteiger partial charge in [-0.15, -0.1) is 0 Å². The minimum atomic E-state index is 0.537. The number of halogens is 1. The van der Waals surface area contributed by atoms with Crippen molar-refractivity contribution in [3.05, 3.63) is 52.9 Å². The second-order valence-electron chi connectivity index (χ2n) is 5.16. The third kappa shape index (κ3) is 2.78. The second-order valence-corrected chi connectivity index (χ2v) is 5.55. The van der Waals surface area contributed by atoms with Gasteiger partial charge in [-0.1, -0.05) is 48.9 Å². The molecule has 1 aliphatic rings. The first-order valence-electron chi connectivity index (χ1n) is 7.09. The molecule has 0 saturated carbocycles. The monoisotopic (exact) mass is 287 g/mol. The maximum atomic E-state index is 6.08. The van der Waals surface area contributed by atoms with Crippen molar-refractivity contribution in [2.45, 2.75) is 25.7 Å². The lowest BCUT2D eigenvalue weighted by molar-refractivity contribution is 0.773. The van der Waals surface area contributed by atoms with Crippen molar-refractivity contribution in [3.63, 3.8) is 0 Å². The summed E-state index contributed by atoms with van der Waals surface area (Å²) >= 11 is 6.08. The number of benzene rings is 1. The number of aryl methyl sites for hydroxylation is 1. The molecule has 1 unspecified atom stereocenters. The highest BCUT2D eigenvalue weighted by molar-refractivity contribution is 6.29. The van der Waals surface area contributed by atoms with Crippen LogP contribution in [0, 0.1) is 0 Å². The molecule has 0 radical (unpaired) electrons. The Bertz CT molecular complexity index is 586. The number of anilines is 1. The molecule has 0 N–H and O–H groups in total. The fourth-order valence-corrected chi connectivity index (χ4v) is 2.93. The van der Waals surface area contributed by atoms with Crippen molar-refractivity contribution in [3.8, 4) is 0 Å². The fourth-order valence-electron chi connectivity index (χ4n) is 2.74. The average molecular weight is 288 g/mol. The zero-order valence-electron chi connectivity index (χ0n) is 11.6. The zero-order chi connectivity index (χ0) is 13.9. The van der Waals surface area contributed by atoms with Crippen LogP contribution < -0.4 is 4.90 Å². The Morgan fingerprint density at radius 3 is 2.80 bits per heavy atom. The van der Waals surface area contributed by atoms with Crippen LogP contribution in [0.3, 0.4) is 0 Å². The first-order valence-corrected chi connectivity index (χ1v) is 7.47. The third-order valence-electron chi connectivity index (χ3n) is 3.83. The highest BCUT2D eigenvalue weighted by Crippen LogP contribution is 2.30. The molecule has 1 aromatic carbocycles. The number of aromatic nitrogens is 2. The van der Waals surface area contributed by atoms with Crippen LogP contribution in [0.15, 0.2) is 36.4 Å². The summed E-state index contributed by atoms with van der Waals surface area (Å²) in [6.45, 7) is 4.07. The molecule has 1 aromatic heterocycles. The molecule has 0 amide bonds. The minimum Gasteiger partial charge on any atom is -0.356 e. The lowest BCUT2D eigenvalue weighted by Crippen LogP contribution is -2.21. The van der Waals surface area contributed by atoms with E-state index in [-0.39, 0.29) is 0 Å². The molecule has 0 bridgehead atoms. The number of nitrogens with zero attached hydrogens (tertiary/aromatic N) is 3. The topological polar surface area (TPSA) is 29.0 Å². The average Bonchev–Trinajstić information content (AvgIpc) is 2.97. The van der Waals surface area contributed by atoms with Crippen LogP contribution in [0.5, 0.6) is 0 Å². The smallest absolute Gasteiger partial charge is 0.134 e. The van der Waals surface area contributed by atoms with Crippen LogP contribution >= 0.6 is 11.6 Å². The Balaban J connectivity index is 1.79. The van der Waals surface area contributed by atoms with E-state index in [9.17, 15) is 0 Å². The first-order chi connectivity index (χ1) is 9.76. The summed E-state index contributed by atoms with van der Waals surface area (Å²) in [5, 5.41) is 0.537. The van der Waals surface area contributed by atoms with Crippen LogP contribution in [-0.4, -0.2) is 23.1 Å². The molecule has 2 heterocycles. The Kier molecular flexibility index (Phi) is 3.88. The van der Waals surface area contributed by atoms with Crippen molar-refractivity contribution in [2.75, 3.05) is 18.0 Å². The summed E-state index contributed by atoms with van der Waals surface area (Å²) in [6, 6.07) is 12.6. The molecule has 0 aliphatic carbocycles. The third-order valence-corrected chi connectivity index (χ3v) is 4.02. The van der Waals surface area contributed by atoms with Gasteiger partial charge in [0.1, 0.15) is 16.8 Å². The van der Waals surface area contributed by atoms with Crippen molar-refractivity contribution in [1.82, 2.24) is 9.97 Å². The Morgan fingerprint density at radius 1 is 1.25 bits per heavy atom. The van der Waals surface area contributed by atoms with E-state index in [2.05, 4.69) is 45.2 Å². The van der Waals surface area contributed by atoms with Crippen LogP contribution in [0.1, 0.15) is 30.7 Å². The lowest BCUT2D eigenvalue weighted by atomic mass is 9.99. The number of rotatable bonds is 3. The van der Waals surface area contributed by atoms with E-state index in [1.807, 2.05) is 13.0 Å². The van der Waals surface area contributed by atoms with E-state index in [0.29, 0.717) is 11.1 Å². The quantitative estimate of drug-likeness (QED) is 0.806. The first kappa shape index (κ1) is 13.4. The van der Waals surface area contributed by atoms with Gasteiger partial charge in [0.15, 0.2) is 0 Å². The standard InChI is InChI=1S/C16H18ClN3/c1-2-15-18-14(17)10-16(19-15)20-9-8-13(11-20)12-6-4-3-5-7-12/h3-7,10,13H,2,8-9,11H2,1H3. The molecule has 1 aliphatic heterocycles. The normalized spacial score (nSPS) is 18.5. The van der Waals surface area contributed by atoms with Crippen molar-refractivity contribution < 1.29 is 0 Å². The highest BCUT2D eigenvalue weighted by Gasteiger charge is 2.25. The zero-order valence-corrected chi connectivity index (χ0v) is 12.3. The summed E-state index contributed by atoms with van der Waals surface area (Å²) in [5.74, 6) is 2.35. The second kappa shape index (κ2) is 5.80. The van der Waals surface area contributed by atoms with Gasteiger partial charge >= 0.3 is 0 Å². The molecule has 1 saturated heterocycles. The summed E-state index contributed by atoms with van der Waals surface area (Å²) in [6.07, 6.45) is 1.97. The molecular formula is C16H18ClN3. The van der Waals surface area contributed by atoms with Gasteiger partial charge < -0.3 is 4.90 Å². The predicted octanol–water partition coefficient (Wildman–Crippen LogP) is 3.69. The fraction of sp³-hybridized carbons (Fsp3) is 0.375. The molecular weight excluding hydrogens is 270 g/mol. The molecule has 4 heteroatoms. The molecule has 104 valence electrons. The molecule has 1 atom stereocenters. The van der Waals surface area contributed by atoms with Gasteiger partial charge in [-0.25, -0.2) is 9.97 Å². The number of hydrogen-bond acceptors (Lipinski definition) is 3. The lowest BCUT2D eigenvalue weighted by Gasteiger charge is -2.18. The van der Waals surface area contributed by atoms with Gasteiger partial charge in [-0.05, 0) is 12.0 Å². The van der Waals surface area contributed by atoms with Crippen molar-refractivity contribution in [1.29, 1.82) is 0 Å². The van der Waals surface area contributed by atoms with Crippen molar-refractivity contribution >= 4 is 17.4 Å². The predicted molar refractivity (Wildman–Crippen MR) is 82.4 cm³/mol. The SMILES string of the molecule is CCc1nc(Cl)cc(N2CCC(c3ccccc3)C2)n1. The molecule has 0 spiro atoms. The summed E-state index contributed by atoms with van der Waals surface area (Å²) < 4.78 is 0. The molecule has 3 rings (SSSR count). The Morgan fingerprint density at radius 2 is 2.05 bits per heavy atom. The van der Waals surface area contributed by atoms with Gasteiger partial charge in [0, 0.05) is 31.5 Å². The van der Waals surface area contributed by atoms with E-state index >= 15 is 0 Å². The Hall–Kier alpha value is -1.61. The molecule has 2 aromatic rings. The number of hydrogen-bond donors (Lipinski definition) is 0. The van der Waals surface area contributed by atoms with Gasteiger partial charge in [0.25, 0.3) is 0 Å². The Labute approximate surface area is 124 Å².